The van der Waals surface area contributed by atoms with Crippen LogP contribution in [0, 0.1) is 6.92 Å². The maximum atomic E-state index is 6.13. The number of furan rings is 1. The van der Waals surface area contributed by atoms with E-state index in [2.05, 4.69) is 53.0 Å². The highest BCUT2D eigenvalue weighted by atomic mass is 16.3. The molecule has 25 heavy (non-hydrogen) atoms. The highest BCUT2D eigenvalue weighted by molar-refractivity contribution is 5.78. The second-order valence-corrected chi connectivity index (χ2v) is 6.32. The molecule has 4 aromatic rings. The Morgan fingerprint density at radius 2 is 1.84 bits per heavy atom. The summed E-state index contributed by atoms with van der Waals surface area (Å²) in [6.07, 6.45) is 2.06. The molecular formula is C21H21N3O. The molecule has 0 amide bonds. The Labute approximate surface area is 147 Å². The second-order valence-electron chi connectivity index (χ2n) is 6.32. The minimum atomic E-state index is -0.00629. The van der Waals surface area contributed by atoms with Crippen molar-refractivity contribution in [2.24, 2.45) is 7.05 Å². The number of para-hydroxylation sites is 1. The summed E-state index contributed by atoms with van der Waals surface area (Å²) in [4.78, 5) is 0. The quantitative estimate of drug-likeness (QED) is 0.591. The first kappa shape index (κ1) is 15.7. The molecule has 4 heteroatoms. The number of hydrogen-bond donors (Lipinski definition) is 1. The molecule has 0 fully saturated rings. The molecule has 126 valence electrons. The highest BCUT2D eigenvalue weighted by Crippen LogP contribution is 2.28. The number of aryl methyl sites for hydroxylation is 2. The van der Waals surface area contributed by atoms with Crippen LogP contribution in [-0.2, 0) is 13.6 Å². The van der Waals surface area contributed by atoms with Crippen molar-refractivity contribution in [2.75, 3.05) is 0 Å². The Hall–Kier alpha value is -2.85. The van der Waals surface area contributed by atoms with Gasteiger partial charge in [0.1, 0.15) is 11.3 Å². The van der Waals surface area contributed by atoms with Gasteiger partial charge in [-0.3, -0.25) is 10.00 Å². The van der Waals surface area contributed by atoms with Crippen molar-refractivity contribution in [1.82, 2.24) is 15.1 Å². The summed E-state index contributed by atoms with van der Waals surface area (Å²) in [5.41, 5.74) is 4.34. The van der Waals surface area contributed by atoms with Crippen LogP contribution in [0.5, 0.6) is 0 Å². The molecule has 0 unspecified atom stereocenters. The zero-order chi connectivity index (χ0) is 17.2. The van der Waals surface area contributed by atoms with Gasteiger partial charge in [0.25, 0.3) is 0 Å². The first-order valence-electron chi connectivity index (χ1n) is 8.46. The van der Waals surface area contributed by atoms with E-state index in [1.807, 2.05) is 42.9 Å². The highest BCUT2D eigenvalue weighted by Gasteiger charge is 2.18. The van der Waals surface area contributed by atoms with Gasteiger partial charge in [0.15, 0.2) is 0 Å². The van der Waals surface area contributed by atoms with E-state index in [0.717, 1.165) is 29.0 Å². The summed E-state index contributed by atoms with van der Waals surface area (Å²) in [5.74, 6) is 0.925. The lowest BCUT2D eigenvalue weighted by Crippen LogP contribution is -2.21. The summed E-state index contributed by atoms with van der Waals surface area (Å²) in [7, 11) is 1.95. The van der Waals surface area contributed by atoms with Gasteiger partial charge in [0.05, 0.1) is 11.7 Å². The topological polar surface area (TPSA) is 43.0 Å². The smallest absolute Gasteiger partial charge is 0.134 e. The molecule has 0 radical (unpaired) electrons. The summed E-state index contributed by atoms with van der Waals surface area (Å²) in [5, 5.41) is 9.18. The molecule has 1 N–H and O–H groups in total. The van der Waals surface area contributed by atoms with Crippen molar-refractivity contribution in [3.63, 3.8) is 0 Å². The lowest BCUT2D eigenvalue weighted by atomic mass is 10.0. The van der Waals surface area contributed by atoms with Crippen molar-refractivity contribution < 1.29 is 4.42 Å². The molecule has 2 heterocycles. The minimum absolute atomic E-state index is 0.00629. The van der Waals surface area contributed by atoms with Gasteiger partial charge in [-0.25, -0.2) is 0 Å². The molecule has 0 bridgehead atoms. The van der Waals surface area contributed by atoms with Gasteiger partial charge in [-0.1, -0.05) is 48.5 Å². The lowest BCUT2D eigenvalue weighted by Gasteiger charge is -2.17. The van der Waals surface area contributed by atoms with Gasteiger partial charge in [0.2, 0.25) is 0 Å². The van der Waals surface area contributed by atoms with Crippen LogP contribution in [0.25, 0.3) is 11.0 Å². The van der Waals surface area contributed by atoms with E-state index in [0.29, 0.717) is 0 Å². The predicted octanol–water partition coefficient (Wildman–Crippen LogP) is 4.35. The SMILES string of the molecule is Cc1nn(C)cc1CN[C@@H](c1ccccc1)c1cc2ccccc2o1. The first-order chi connectivity index (χ1) is 12.2. The fraction of sp³-hybridized carbons (Fsp3) is 0.190. The van der Waals surface area contributed by atoms with E-state index in [1.54, 1.807) is 0 Å². The summed E-state index contributed by atoms with van der Waals surface area (Å²) in [6, 6.07) is 20.6. The van der Waals surface area contributed by atoms with Crippen LogP contribution >= 0.6 is 0 Å². The van der Waals surface area contributed by atoms with E-state index in [4.69, 9.17) is 4.42 Å². The fourth-order valence-corrected chi connectivity index (χ4v) is 3.21. The summed E-state index contributed by atoms with van der Waals surface area (Å²) in [6.45, 7) is 2.77. The van der Waals surface area contributed by atoms with Gasteiger partial charge in [-0.05, 0) is 24.6 Å². The Morgan fingerprint density at radius 1 is 1.08 bits per heavy atom. The number of rotatable bonds is 5. The molecule has 2 aromatic heterocycles. The number of benzene rings is 2. The van der Waals surface area contributed by atoms with Crippen molar-refractivity contribution in [3.8, 4) is 0 Å². The second kappa shape index (κ2) is 6.57. The lowest BCUT2D eigenvalue weighted by molar-refractivity contribution is 0.468. The Bertz CT molecular complexity index is 952. The van der Waals surface area contributed by atoms with Crippen LogP contribution in [0.1, 0.15) is 28.6 Å². The molecular weight excluding hydrogens is 310 g/mol. The van der Waals surface area contributed by atoms with Gasteiger partial charge >= 0.3 is 0 Å². The molecule has 0 saturated carbocycles. The summed E-state index contributed by atoms with van der Waals surface area (Å²) >= 11 is 0. The number of hydrogen-bond acceptors (Lipinski definition) is 3. The first-order valence-corrected chi connectivity index (χ1v) is 8.46. The van der Waals surface area contributed by atoms with Crippen molar-refractivity contribution in [3.05, 3.63) is 89.4 Å². The van der Waals surface area contributed by atoms with Crippen LogP contribution in [0.3, 0.4) is 0 Å². The van der Waals surface area contributed by atoms with Crippen molar-refractivity contribution >= 4 is 11.0 Å². The largest absolute Gasteiger partial charge is 0.459 e. The van der Waals surface area contributed by atoms with Crippen LogP contribution in [0.4, 0.5) is 0 Å². The number of fused-ring (bicyclic) bond motifs is 1. The van der Waals surface area contributed by atoms with Gasteiger partial charge in [0, 0.05) is 30.7 Å². The maximum absolute atomic E-state index is 6.13. The summed E-state index contributed by atoms with van der Waals surface area (Å²) < 4.78 is 7.98. The third-order valence-electron chi connectivity index (χ3n) is 4.47. The minimum Gasteiger partial charge on any atom is -0.459 e. The molecule has 0 saturated heterocycles. The standard InChI is InChI=1S/C21H21N3O/c1-15-18(14-24(2)23-15)13-22-21(16-8-4-3-5-9-16)20-12-17-10-6-7-11-19(17)25-20/h3-12,14,21-22H,13H2,1-2H3/t21-/m0/s1. The van der Waals surface area contributed by atoms with Crippen molar-refractivity contribution in [1.29, 1.82) is 0 Å². The average Bonchev–Trinajstić information content (AvgIpc) is 3.18. The third kappa shape index (κ3) is 3.21. The van der Waals surface area contributed by atoms with E-state index < -0.39 is 0 Å². The van der Waals surface area contributed by atoms with Crippen LogP contribution in [0.2, 0.25) is 0 Å². The molecule has 4 rings (SSSR count). The fourth-order valence-electron chi connectivity index (χ4n) is 3.21. The zero-order valence-corrected chi connectivity index (χ0v) is 14.4. The molecule has 0 aliphatic carbocycles. The van der Waals surface area contributed by atoms with E-state index in [1.165, 1.54) is 11.1 Å². The number of nitrogens with one attached hydrogen (secondary N) is 1. The van der Waals surface area contributed by atoms with Gasteiger partial charge in [-0.15, -0.1) is 0 Å². The number of aromatic nitrogens is 2. The Balaban J connectivity index is 1.68. The zero-order valence-electron chi connectivity index (χ0n) is 14.4. The molecule has 2 aromatic carbocycles. The monoisotopic (exact) mass is 331 g/mol. The van der Waals surface area contributed by atoms with Crippen molar-refractivity contribution in [2.45, 2.75) is 19.5 Å². The van der Waals surface area contributed by atoms with E-state index >= 15 is 0 Å². The van der Waals surface area contributed by atoms with Gasteiger partial charge < -0.3 is 4.42 Å². The van der Waals surface area contributed by atoms with Crippen LogP contribution in [0.15, 0.2) is 71.3 Å². The normalized spacial score (nSPS) is 12.6. The molecule has 0 spiro atoms. The third-order valence-corrected chi connectivity index (χ3v) is 4.47. The predicted molar refractivity (Wildman–Crippen MR) is 99.3 cm³/mol. The van der Waals surface area contributed by atoms with Crippen LogP contribution in [-0.4, -0.2) is 9.78 Å². The Kier molecular flexibility index (Phi) is 4.12. The van der Waals surface area contributed by atoms with E-state index in [-0.39, 0.29) is 6.04 Å². The van der Waals surface area contributed by atoms with Crippen LogP contribution < -0.4 is 5.32 Å². The average molecular weight is 331 g/mol. The maximum Gasteiger partial charge on any atom is 0.134 e. The molecule has 4 nitrogen and oxygen atoms in total. The molecule has 0 aliphatic heterocycles. The Morgan fingerprint density at radius 3 is 2.56 bits per heavy atom. The molecule has 0 aliphatic rings. The number of nitrogens with zero attached hydrogens (tertiary/aromatic N) is 2. The molecule has 1 atom stereocenters. The van der Waals surface area contributed by atoms with Gasteiger partial charge in [-0.2, -0.15) is 5.10 Å². The van der Waals surface area contributed by atoms with E-state index in [9.17, 15) is 0 Å².